The summed E-state index contributed by atoms with van der Waals surface area (Å²) in [6.45, 7) is 2.39. The Kier molecular flexibility index (Phi) is 4.40. The summed E-state index contributed by atoms with van der Waals surface area (Å²) in [7, 11) is 6.05. The SMILES string of the molecule is Cc1nc2ccccn2c1C(=O)NC[C@@H](c1cccn1C)N(C)C. The third-order valence-electron chi connectivity index (χ3n) is 4.32. The lowest BCUT2D eigenvalue weighted by Crippen LogP contribution is -2.36. The summed E-state index contributed by atoms with van der Waals surface area (Å²) in [5.41, 5.74) is 3.27. The lowest BCUT2D eigenvalue weighted by molar-refractivity contribution is 0.0934. The zero-order chi connectivity index (χ0) is 17.3. The number of nitrogens with one attached hydrogen (secondary N) is 1. The van der Waals surface area contributed by atoms with Crippen LogP contribution in [0.1, 0.15) is 27.9 Å². The largest absolute Gasteiger partial charge is 0.353 e. The minimum atomic E-state index is -0.104. The number of carbonyl (C=O) groups is 1. The zero-order valence-corrected chi connectivity index (χ0v) is 14.5. The second-order valence-corrected chi connectivity index (χ2v) is 6.21. The molecule has 0 bridgehead atoms. The molecule has 1 N–H and O–H groups in total. The third-order valence-corrected chi connectivity index (χ3v) is 4.32. The molecule has 0 spiro atoms. The Morgan fingerprint density at radius 1 is 1.25 bits per heavy atom. The van der Waals surface area contributed by atoms with E-state index in [0.29, 0.717) is 12.2 Å². The van der Waals surface area contributed by atoms with E-state index in [2.05, 4.69) is 25.8 Å². The van der Waals surface area contributed by atoms with Crippen molar-refractivity contribution >= 4 is 11.6 Å². The highest BCUT2D eigenvalue weighted by atomic mass is 16.2. The van der Waals surface area contributed by atoms with E-state index >= 15 is 0 Å². The maximum absolute atomic E-state index is 12.7. The molecule has 0 unspecified atom stereocenters. The summed E-state index contributed by atoms with van der Waals surface area (Å²) in [5.74, 6) is -0.104. The summed E-state index contributed by atoms with van der Waals surface area (Å²) in [5, 5.41) is 3.06. The van der Waals surface area contributed by atoms with Crippen molar-refractivity contribution in [1.82, 2.24) is 24.2 Å². The van der Waals surface area contributed by atoms with Crippen LogP contribution in [0.25, 0.3) is 5.65 Å². The van der Waals surface area contributed by atoms with Gasteiger partial charge in [-0.05, 0) is 45.3 Å². The molecule has 0 aliphatic heterocycles. The quantitative estimate of drug-likeness (QED) is 0.781. The first-order chi connectivity index (χ1) is 11.5. The number of aromatic nitrogens is 3. The number of amides is 1. The standard InChI is InChI=1S/C18H23N5O/c1-13-17(23-11-6-5-9-16(23)20-13)18(24)19-12-15(21(2)3)14-8-7-10-22(14)4/h5-11,15H,12H2,1-4H3,(H,19,24)/t15-/m0/s1. The second kappa shape index (κ2) is 6.49. The predicted molar refractivity (Wildman–Crippen MR) is 94.1 cm³/mol. The molecule has 6 nitrogen and oxygen atoms in total. The molecule has 0 radical (unpaired) electrons. The molecule has 0 aliphatic rings. The monoisotopic (exact) mass is 325 g/mol. The number of fused-ring (bicyclic) bond motifs is 1. The normalized spacial score (nSPS) is 12.7. The van der Waals surface area contributed by atoms with Crippen molar-refractivity contribution in [3.8, 4) is 0 Å². The number of pyridine rings is 1. The van der Waals surface area contributed by atoms with E-state index in [9.17, 15) is 4.79 Å². The molecule has 0 fully saturated rings. The first kappa shape index (κ1) is 16.3. The van der Waals surface area contributed by atoms with Gasteiger partial charge in [-0.3, -0.25) is 14.1 Å². The Labute approximate surface area is 141 Å². The molecule has 1 atom stereocenters. The minimum Gasteiger partial charge on any atom is -0.353 e. The minimum absolute atomic E-state index is 0.104. The molecular weight excluding hydrogens is 302 g/mol. The molecule has 6 heteroatoms. The smallest absolute Gasteiger partial charge is 0.270 e. The van der Waals surface area contributed by atoms with Gasteiger partial charge in [0.15, 0.2) is 0 Å². The fraction of sp³-hybridized carbons (Fsp3) is 0.333. The molecule has 3 aromatic rings. The van der Waals surface area contributed by atoms with Crippen LogP contribution in [-0.4, -0.2) is 45.4 Å². The molecule has 126 valence electrons. The first-order valence-corrected chi connectivity index (χ1v) is 7.98. The van der Waals surface area contributed by atoms with Gasteiger partial charge in [-0.25, -0.2) is 4.98 Å². The van der Waals surface area contributed by atoms with Crippen LogP contribution in [-0.2, 0) is 7.05 Å². The number of aryl methyl sites for hydroxylation is 2. The molecule has 0 saturated carbocycles. The van der Waals surface area contributed by atoms with Gasteiger partial charge < -0.3 is 9.88 Å². The predicted octanol–water partition coefficient (Wildman–Crippen LogP) is 2.01. The van der Waals surface area contributed by atoms with Crippen LogP contribution in [0.5, 0.6) is 0 Å². The highest BCUT2D eigenvalue weighted by Gasteiger charge is 2.20. The maximum atomic E-state index is 12.7. The van der Waals surface area contributed by atoms with Crippen molar-refractivity contribution in [2.24, 2.45) is 7.05 Å². The summed E-state index contributed by atoms with van der Waals surface area (Å²) < 4.78 is 3.91. The van der Waals surface area contributed by atoms with E-state index in [1.54, 1.807) is 0 Å². The molecule has 3 aromatic heterocycles. The first-order valence-electron chi connectivity index (χ1n) is 7.98. The van der Waals surface area contributed by atoms with Gasteiger partial charge >= 0.3 is 0 Å². The lowest BCUT2D eigenvalue weighted by atomic mass is 10.2. The summed E-state index contributed by atoms with van der Waals surface area (Å²) >= 11 is 0. The summed E-state index contributed by atoms with van der Waals surface area (Å²) in [6, 6.07) is 9.92. The Morgan fingerprint density at radius 3 is 2.71 bits per heavy atom. The number of hydrogen-bond donors (Lipinski definition) is 1. The zero-order valence-electron chi connectivity index (χ0n) is 14.5. The van der Waals surface area contributed by atoms with Crippen LogP contribution >= 0.6 is 0 Å². The molecule has 3 heterocycles. The van der Waals surface area contributed by atoms with Crippen LogP contribution in [0.2, 0.25) is 0 Å². The topological polar surface area (TPSA) is 54.6 Å². The van der Waals surface area contributed by atoms with Crippen LogP contribution in [0.4, 0.5) is 0 Å². The summed E-state index contributed by atoms with van der Waals surface area (Å²) in [4.78, 5) is 19.3. The third kappa shape index (κ3) is 2.92. The fourth-order valence-electron chi connectivity index (χ4n) is 3.03. The fourth-order valence-corrected chi connectivity index (χ4v) is 3.03. The van der Waals surface area contributed by atoms with E-state index in [1.165, 1.54) is 0 Å². The number of nitrogens with zero attached hydrogens (tertiary/aromatic N) is 4. The molecule has 3 rings (SSSR count). The Balaban J connectivity index is 1.81. The number of likely N-dealkylation sites (N-methyl/N-ethyl adjacent to an activating group) is 1. The van der Waals surface area contributed by atoms with Gasteiger partial charge in [0.1, 0.15) is 11.3 Å². The highest BCUT2D eigenvalue weighted by molar-refractivity contribution is 5.94. The van der Waals surface area contributed by atoms with Crippen molar-refractivity contribution in [2.45, 2.75) is 13.0 Å². The second-order valence-electron chi connectivity index (χ2n) is 6.21. The van der Waals surface area contributed by atoms with Crippen molar-refractivity contribution in [3.63, 3.8) is 0 Å². The average Bonchev–Trinajstić information content (AvgIpc) is 3.09. The van der Waals surface area contributed by atoms with Gasteiger partial charge in [-0.2, -0.15) is 0 Å². The number of rotatable bonds is 5. The van der Waals surface area contributed by atoms with Crippen molar-refractivity contribution in [3.05, 3.63) is 59.8 Å². The van der Waals surface area contributed by atoms with Gasteiger partial charge in [0, 0.05) is 31.7 Å². The van der Waals surface area contributed by atoms with Crippen molar-refractivity contribution in [1.29, 1.82) is 0 Å². The van der Waals surface area contributed by atoms with E-state index in [0.717, 1.165) is 17.0 Å². The van der Waals surface area contributed by atoms with Crippen LogP contribution < -0.4 is 5.32 Å². The molecular formula is C18H23N5O. The molecule has 0 saturated heterocycles. The van der Waals surface area contributed by atoms with Gasteiger partial charge in [-0.15, -0.1) is 0 Å². The Bertz CT molecular complexity index is 861. The van der Waals surface area contributed by atoms with Gasteiger partial charge in [-0.1, -0.05) is 6.07 Å². The van der Waals surface area contributed by atoms with Gasteiger partial charge in [0.2, 0.25) is 0 Å². The average molecular weight is 325 g/mol. The lowest BCUT2D eigenvalue weighted by Gasteiger charge is -2.25. The maximum Gasteiger partial charge on any atom is 0.270 e. The van der Waals surface area contributed by atoms with E-state index in [4.69, 9.17) is 0 Å². The van der Waals surface area contributed by atoms with E-state index in [1.807, 2.05) is 69.1 Å². The van der Waals surface area contributed by atoms with Crippen LogP contribution in [0.3, 0.4) is 0 Å². The van der Waals surface area contributed by atoms with Gasteiger partial charge in [0.25, 0.3) is 5.91 Å². The van der Waals surface area contributed by atoms with E-state index < -0.39 is 0 Å². The number of imidazole rings is 1. The van der Waals surface area contributed by atoms with Crippen molar-refractivity contribution < 1.29 is 4.79 Å². The summed E-state index contributed by atoms with van der Waals surface area (Å²) in [6.07, 6.45) is 3.88. The Morgan fingerprint density at radius 2 is 2.04 bits per heavy atom. The molecule has 0 aliphatic carbocycles. The molecule has 0 aromatic carbocycles. The highest BCUT2D eigenvalue weighted by Crippen LogP contribution is 2.18. The molecule has 1 amide bonds. The van der Waals surface area contributed by atoms with E-state index in [-0.39, 0.29) is 11.9 Å². The Hall–Kier alpha value is -2.60. The van der Waals surface area contributed by atoms with Crippen molar-refractivity contribution in [2.75, 3.05) is 20.6 Å². The van der Waals surface area contributed by atoms with Crippen LogP contribution in [0.15, 0.2) is 42.7 Å². The van der Waals surface area contributed by atoms with Gasteiger partial charge in [0.05, 0.1) is 11.7 Å². The van der Waals surface area contributed by atoms with Crippen LogP contribution in [0, 0.1) is 6.92 Å². The molecule has 24 heavy (non-hydrogen) atoms. The number of carbonyl (C=O) groups excluding carboxylic acids is 1. The number of hydrogen-bond acceptors (Lipinski definition) is 3.